The summed E-state index contributed by atoms with van der Waals surface area (Å²) in [5, 5.41) is 0.469. The van der Waals surface area contributed by atoms with Crippen molar-refractivity contribution < 1.29 is 13.2 Å². The monoisotopic (exact) mass is 544 g/mol. The number of fused-ring (bicyclic) bond motifs is 1. The van der Waals surface area contributed by atoms with Crippen LogP contribution >= 0.6 is 36.0 Å². The van der Waals surface area contributed by atoms with Gasteiger partial charge in [0.15, 0.2) is 0 Å². The van der Waals surface area contributed by atoms with Crippen molar-refractivity contribution in [2.24, 2.45) is 5.73 Å². The lowest BCUT2D eigenvalue weighted by Gasteiger charge is -2.20. The standard InChI is InChI=1S/C23H24ClF3N4OS.CH4S/c1-2-33-21-4-3-16(24)7-15(21)11-31-13-29-20-8-14(10-30-6-5-17(28)12-30)19(23(25,26)27)9-18(20)22(31)32;1-2/h3-4,7-9,13,17H,2,5-6,10-12,28H2,1H3;2H,1H3/t17-;/m1./s1. The van der Waals surface area contributed by atoms with Gasteiger partial charge >= 0.3 is 6.18 Å². The molecule has 5 nitrogen and oxygen atoms in total. The molecule has 11 heteroatoms. The first-order chi connectivity index (χ1) is 16.7. The molecule has 0 radical (unpaired) electrons. The average molecular weight is 545 g/mol. The molecule has 1 fully saturated rings. The van der Waals surface area contributed by atoms with Gasteiger partial charge in [0.25, 0.3) is 5.56 Å². The SMILES string of the molecule is CCSc1ccc(Cl)cc1Cn1cnc2cc(CN3CC[C@@H](N)C3)c(C(F)(F)F)cc2c1=O.CS. The third-order valence-electron chi connectivity index (χ3n) is 5.72. The maximum absolute atomic E-state index is 13.9. The highest BCUT2D eigenvalue weighted by atomic mass is 35.5. The fourth-order valence-corrected chi connectivity index (χ4v) is 5.13. The molecule has 2 N–H and O–H groups in total. The van der Waals surface area contributed by atoms with Crippen LogP contribution in [0.2, 0.25) is 5.02 Å². The lowest BCUT2D eigenvalue weighted by Crippen LogP contribution is -2.27. The Morgan fingerprint density at radius 1 is 1.20 bits per heavy atom. The number of hydrogen-bond acceptors (Lipinski definition) is 6. The molecule has 3 aromatic rings. The van der Waals surface area contributed by atoms with E-state index in [2.05, 4.69) is 17.6 Å². The number of thioether (sulfide) groups is 1. The molecule has 35 heavy (non-hydrogen) atoms. The first-order valence-electron chi connectivity index (χ1n) is 11.1. The highest BCUT2D eigenvalue weighted by Crippen LogP contribution is 2.35. The van der Waals surface area contributed by atoms with Crippen LogP contribution in [0.25, 0.3) is 10.9 Å². The van der Waals surface area contributed by atoms with Crippen molar-refractivity contribution in [2.45, 2.75) is 43.5 Å². The van der Waals surface area contributed by atoms with Crippen LogP contribution < -0.4 is 11.3 Å². The van der Waals surface area contributed by atoms with E-state index >= 15 is 0 Å². The van der Waals surface area contributed by atoms with Gasteiger partial charge in [-0.15, -0.1) is 11.8 Å². The Hall–Kier alpha value is -1.72. The molecule has 4 rings (SSSR count). The first-order valence-corrected chi connectivity index (χ1v) is 13.3. The van der Waals surface area contributed by atoms with Crippen LogP contribution in [0.3, 0.4) is 0 Å². The molecule has 1 atom stereocenters. The molecule has 1 aliphatic heterocycles. The van der Waals surface area contributed by atoms with E-state index in [4.69, 9.17) is 17.3 Å². The zero-order valence-electron chi connectivity index (χ0n) is 19.5. The predicted octanol–water partition coefficient (Wildman–Crippen LogP) is 5.31. The van der Waals surface area contributed by atoms with E-state index in [-0.39, 0.29) is 35.6 Å². The molecular formula is C24H28ClF3N4OS2. The van der Waals surface area contributed by atoms with E-state index in [1.807, 2.05) is 17.9 Å². The Bertz CT molecular complexity index is 1240. The van der Waals surface area contributed by atoms with Gasteiger partial charge in [-0.3, -0.25) is 14.3 Å². The summed E-state index contributed by atoms with van der Waals surface area (Å²) in [6.07, 6.45) is -0.759. The number of alkyl halides is 3. The van der Waals surface area contributed by atoms with Crippen LogP contribution in [0.15, 0.2) is 46.3 Å². The van der Waals surface area contributed by atoms with Gasteiger partial charge in [0.1, 0.15) is 0 Å². The van der Waals surface area contributed by atoms with Crippen molar-refractivity contribution >= 4 is 46.9 Å². The summed E-state index contributed by atoms with van der Waals surface area (Å²) in [4.78, 5) is 20.3. The molecule has 0 spiro atoms. The summed E-state index contributed by atoms with van der Waals surface area (Å²) in [6, 6.07) is 7.70. The second-order valence-corrected chi connectivity index (χ2v) is 9.91. The maximum atomic E-state index is 13.9. The third-order valence-corrected chi connectivity index (χ3v) is 6.95. The number of nitrogens with two attached hydrogens (primary N) is 1. The minimum atomic E-state index is -4.59. The number of aromatic nitrogens is 2. The Kier molecular flexibility index (Phi) is 9.56. The Labute approximate surface area is 217 Å². The highest BCUT2D eigenvalue weighted by Gasteiger charge is 2.35. The largest absolute Gasteiger partial charge is 0.416 e. The number of halogens is 4. The predicted molar refractivity (Wildman–Crippen MR) is 141 cm³/mol. The van der Waals surface area contributed by atoms with Crippen LogP contribution in [-0.4, -0.2) is 45.6 Å². The molecule has 2 aromatic carbocycles. The van der Waals surface area contributed by atoms with Crippen LogP contribution in [0.1, 0.15) is 30.0 Å². The molecular weight excluding hydrogens is 517 g/mol. The van der Waals surface area contributed by atoms with Crippen LogP contribution in [-0.2, 0) is 19.3 Å². The van der Waals surface area contributed by atoms with Gasteiger partial charge in [-0.25, -0.2) is 4.98 Å². The molecule has 0 saturated carbocycles. The van der Waals surface area contributed by atoms with E-state index < -0.39 is 17.3 Å². The number of benzene rings is 2. The molecule has 1 aromatic heterocycles. The van der Waals surface area contributed by atoms with Gasteiger partial charge < -0.3 is 5.73 Å². The lowest BCUT2D eigenvalue weighted by atomic mass is 10.0. The second-order valence-electron chi connectivity index (χ2n) is 8.17. The van der Waals surface area contributed by atoms with Gasteiger partial charge in [-0.2, -0.15) is 25.8 Å². The van der Waals surface area contributed by atoms with E-state index in [1.54, 1.807) is 30.2 Å². The lowest BCUT2D eigenvalue weighted by molar-refractivity contribution is -0.138. The number of likely N-dealkylation sites (tertiary alicyclic amines) is 1. The van der Waals surface area contributed by atoms with E-state index in [1.165, 1.54) is 17.0 Å². The molecule has 0 unspecified atom stereocenters. The Morgan fingerprint density at radius 3 is 2.57 bits per heavy atom. The molecule has 190 valence electrons. The van der Waals surface area contributed by atoms with E-state index in [9.17, 15) is 18.0 Å². The van der Waals surface area contributed by atoms with Crippen LogP contribution in [0.5, 0.6) is 0 Å². The number of hydrogen-bond donors (Lipinski definition) is 2. The van der Waals surface area contributed by atoms with Gasteiger partial charge in [0.05, 0.1) is 29.3 Å². The second kappa shape index (κ2) is 12.0. The van der Waals surface area contributed by atoms with Gasteiger partial charge in [0, 0.05) is 35.6 Å². The van der Waals surface area contributed by atoms with Crippen molar-refractivity contribution in [3.05, 3.63) is 68.7 Å². The molecule has 0 amide bonds. The summed E-state index contributed by atoms with van der Waals surface area (Å²) in [5.74, 6) is 0.832. The smallest absolute Gasteiger partial charge is 0.326 e. The highest BCUT2D eigenvalue weighted by molar-refractivity contribution is 7.99. The minimum absolute atomic E-state index is 0.0348. The zero-order chi connectivity index (χ0) is 25.8. The van der Waals surface area contributed by atoms with Crippen molar-refractivity contribution in [3.63, 3.8) is 0 Å². The molecule has 1 aliphatic rings. The van der Waals surface area contributed by atoms with Crippen molar-refractivity contribution in [3.8, 4) is 0 Å². The molecule has 0 bridgehead atoms. The fourth-order valence-electron chi connectivity index (χ4n) is 4.15. The number of rotatable bonds is 6. The summed E-state index contributed by atoms with van der Waals surface area (Å²) in [7, 11) is 0. The summed E-state index contributed by atoms with van der Waals surface area (Å²) in [5.41, 5.74) is 5.74. The Morgan fingerprint density at radius 2 is 1.94 bits per heavy atom. The fraction of sp³-hybridized carbons (Fsp3) is 0.417. The van der Waals surface area contributed by atoms with Crippen LogP contribution in [0, 0.1) is 0 Å². The van der Waals surface area contributed by atoms with Gasteiger partial charge in [-0.1, -0.05) is 18.5 Å². The molecule has 1 saturated heterocycles. The quantitative estimate of drug-likeness (QED) is 0.325. The molecule has 2 heterocycles. The minimum Gasteiger partial charge on any atom is -0.326 e. The number of thiol groups is 1. The summed E-state index contributed by atoms with van der Waals surface area (Å²) >= 11 is 11.3. The van der Waals surface area contributed by atoms with Gasteiger partial charge in [-0.05, 0) is 59.9 Å². The van der Waals surface area contributed by atoms with Crippen molar-refractivity contribution in [1.82, 2.24) is 14.5 Å². The Balaban J connectivity index is 0.00000167. The summed E-state index contributed by atoms with van der Waals surface area (Å²) < 4.78 is 43.0. The van der Waals surface area contributed by atoms with Gasteiger partial charge in [0.2, 0.25) is 0 Å². The first kappa shape index (κ1) is 27.9. The maximum Gasteiger partial charge on any atom is 0.416 e. The van der Waals surface area contributed by atoms with E-state index in [0.717, 1.165) is 28.7 Å². The van der Waals surface area contributed by atoms with Crippen molar-refractivity contribution in [2.75, 3.05) is 25.1 Å². The topological polar surface area (TPSA) is 64.2 Å². The number of nitrogens with zero attached hydrogens (tertiary/aromatic N) is 3. The van der Waals surface area contributed by atoms with E-state index in [0.29, 0.717) is 18.1 Å². The summed E-state index contributed by atoms with van der Waals surface area (Å²) in [6.45, 7) is 3.48. The third kappa shape index (κ3) is 6.74. The average Bonchev–Trinajstić information content (AvgIpc) is 3.22. The van der Waals surface area contributed by atoms with Crippen molar-refractivity contribution in [1.29, 1.82) is 0 Å². The normalized spacial score (nSPS) is 16.4. The zero-order valence-corrected chi connectivity index (χ0v) is 21.9. The van der Waals surface area contributed by atoms with Crippen LogP contribution in [0.4, 0.5) is 13.2 Å². The molecule has 0 aliphatic carbocycles.